The molecule has 0 radical (unpaired) electrons. The molecule has 1 aliphatic carbocycles. The van der Waals surface area contributed by atoms with Gasteiger partial charge in [0.25, 0.3) is 5.91 Å². The molecule has 26 heavy (non-hydrogen) atoms. The van der Waals surface area contributed by atoms with E-state index >= 15 is 0 Å². The second kappa shape index (κ2) is 6.83. The fraction of sp³-hybridized carbons (Fsp3) is 0.667. The van der Waals surface area contributed by atoms with Crippen molar-refractivity contribution in [1.29, 1.82) is 0 Å². The van der Waals surface area contributed by atoms with Crippen LogP contribution in [0.3, 0.4) is 0 Å². The number of nitrogens with one attached hydrogen (secondary N) is 1. The van der Waals surface area contributed by atoms with E-state index in [-0.39, 0.29) is 17.7 Å². The molecule has 2 fully saturated rings. The van der Waals surface area contributed by atoms with Crippen molar-refractivity contribution in [2.45, 2.75) is 45.1 Å². The Balaban J connectivity index is 1.52. The highest BCUT2D eigenvalue weighted by Gasteiger charge is 2.46. The lowest BCUT2D eigenvalue weighted by Gasteiger charge is -2.14. The summed E-state index contributed by atoms with van der Waals surface area (Å²) in [6.45, 7) is 5.79. The number of carbonyl (C=O) groups is 1. The van der Waals surface area contributed by atoms with E-state index in [0.717, 1.165) is 24.0 Å². The van der Waals surface area contributed by atoms with Gasteiger partial charge in [0.05, 0.1) is 0 Å². The fourth-order valence-electron chi connectivity index (χ4n) is 3.77. The molecule has 1 saturated heterocycles. The van der Waals surface area contributed by atoms with Gasteiger partial charge in [-0.1, -0.05) is 19.0 Å². The summed E-state index contributed by atoms with van der Waals surface area (Å²) in [6.07, 6.45) is 2.44. The Morgan fingerprint density at radius 1 is 1.42 bits per heavy atom. The summed E-state index contributed by atoms with van der Waals surface area (Å²) in [5.41, 5.74) is 0.388. The molecule has 0 spiro atoms. The maximum atomic E-state index is 12.9. The van der Waals surface area contributed by atoms with Crippen LogP contribution in [0.1, 0.15) is 66.4 Å². The summed E-state index contributed by atoms with van der Waals surface area (Å²) >= 11 is 0. The number of likely N-dealkylation sites (tertiary alicyclic amines) is 1. The van der Waals surface area contributed by atoms with Gasteiger partial charge in [0.2, 0.25) is 0 Å². The van der Waals surface area contributed by atoms with Crippen LogP contribution < -0.4 is 0 Å². The van der Waals surface area contributed by atoms with E-state index in [0.29, 0.717) is 30.7 Å². The molecule has 8 nitrogen and oxygen atoms in total. The topological polar surface area (TPSA) is 97.1 Å². The Hall–Kier alpha value is -2.22. The zero-order valence-electron chi connectivity index (χ0n) is 15.4. The van der Waals surface area contributed by atoms with Crippen LogP contribution in [0.15, 0.2) is 10.6 Å². The Bertz CT molecular complexity index is 779. The first-order valence-electron chi connectivity index (χ1n) is 9.22. The molecule has 1 amide bonds. The molecule has 0 bridgehead atoms. The van der Waals surface area contributed by atoms with Gasteiger partial charge in [-0.3, -0.25) is 9.89 Å². The molecular weight excluding hydrogens is 334 g/mol. The molecule has 1 aliphatic heterocycles. The number of methoxy groups -OCH3 is 1. The van der Waals surface area contributed by atoms with E-state index in [9.17, 15) is 4.79 Å². The van der Waals surface area contributed by atoms with Crippen LogP contribution in [0, 0.1) is 11.8 Å². The van der Waals surface area contributed by atoms with Gasteiger partial charge >= 0.3 is 0 Å². The molecule has 2 aromatic heterocycles. The molecule has 2 aromatic rings. The van der Waals surface area contributed by atoms with Gasteiger partial charge in [-0.2, -0.15) is 5.10 Å². The predicted octanol–water partition coefficient (Wildman–Crippen LogP) is 2.33. The quantitative estimate of drug-likeness (QED) is 0.850. The van der Waals surface area contributed by atoms with Gasteiger partial charge in [-0.05, 0) is 24.7 Å². The highest BCUT2D eigenvalue weighted by atomic mass is 16.5. The lowest BCUT2D eigenvalue weighted by molar-refractivity contribution is 0.0774. The van der Waals surface area contributed by atoms with Crippen molar-refractivity contribution in [3.05, 3.63) is 29.2 Å². The molecule has 1 saturated carbocycles. The van der Waals surface area contributed by atoms with E-state index in [2.05, 4.69) is 20.3 Å². The van der Waals surface area contributed by atoms with Gasteiger partial charge in [0, 0.05) is 38.1 Å². The zero-order chi connectivity index (χ0) is 18.3. The average Bonchev–Trinajstić information content (AvgIpc) is 3.06. The van der Waals surface area contributed by atoms with Gasteiger partial charge in [-0.25, -0.2) is 4.98 Å². The Morgan fingerprint density at radius 3 is 2.88 bits per heavy atom. The smallest absolute Gasteiger partial charge is 0.276 e. The normalized spacial score (nSPS) is 23.2. The third kappa shape index (κ3) is 3.25. The van der Waals surface area contributed by atoms with Crippen molar-refractivity contribution < 1.29 is 14.1 Å². The summed E-state index contributed by atoms with van der Waals surface area (Å²) in [6, 6.07) is 1.76. The predicted molar refractivity (Wildman–Crippen MR) is 92.5 cm³/mol. The number of amides is 1. The molecule has 0 unspecified atom stereocenters. The van der Waals surface area contributed by atoms with Crippen molar-refractivity contribution in [1.82, 2.24) is 25.2 Å². The molecule has 2 aliphatic rings. The van der Waals surface area contributed by atoms with Crippen LogP contribution >= 0.6 is 0 Å². The molecule has 1 N–H and O–H groups in total. The van der Waals surface area contributed by atoms with Crippen LogP contribution in [0.2, 0.25) is 0 Å². The van der Waals surface area contributed by atoms with Crippen LogP contribution in [-0.4, -0.2) is 51.3 Å². The molecule has 3 heterocycles. The highest BCUT2D eigenvalue weighted by molar-refractivity contribution is 5.92. The zero-order valence-corrected chi connectivity index (χ0v) is 15.4. The first kappa shape index (κ1) is 17.2. The minimum Gasteiger partial charge on any atom is -0.377 e. The number of carbonyl (C=O) groups excluding carboxylic acids is 1. The Labute approximate surface area is 152 Å². The van der Waals surface area contributed by atoms with E-state index in [1.54, 1.807) is 13.2 Å². The average molecular weight is 359 g/mol. The standard InChI is InChI=1S/C18H25N5O3/c1-10(2)15-6-14(22-26-15)18(24)23-7-12(11-4-5-11)13(8-23)17-19-16(9-25-3)20-21-17/h6,10-13H,4-5,7-9H2,1-3H3,(H,19,20,21)/t12-,13+/m1/s1. The number of rotatable bonds is 6. The Morgan fingerprint density at radius 2 is 2.23 bits per heavy atom. The van der Waals surface area contributed by atoms with Crippen molar-refractivity contribution in [3.63, 3.8) is 0 Å². The largest absolute Gasteiger partial charge is 0.377 e. The first-order valence-corrected chi connectivity index (χ1v) is 9.22. The number of hydrogen-bond acceptors (Lipinski definition) is 6. The summed E-state index contributed by atoms with van der Waals surface area (Å²) < 4.78 is 10.4. The number of ether oxygens (including phenoxy) is 1. The minimum absolute atomic E-state index is 0.0681. The maximum Gasteiger partial charge on any atom is 0.276 e. The van der Waals surface area contributed by atoms with Gasteiger partial charge < -0.3 is 14.2 Å². The number of nitrogens with zero attached hydrogens (tertiary/aromatic N) is 4. The number of H-pyrrole nitrogens is 1. The molecule has 2 atom stereocenters. The van der Waals surface area contributed by atoms with Crippen LogP contribution in [0.5, 0.6) is 0 Å². The highest BCUT2D eigenvalue weighted by Crippen LogP contribution is 2.47. The lowest BCUT2D eigenvalue weighted by atomic mass is 9.91. The monoisotopic (exact) mass is 359 g/mol. The third-order valence-electron chi connectivity index (χ3n) is 5.36. The van der Waals surface area contributed by atoms with Gasteiger partial charge in [-0.15, -0.1) is 0 Å². The van der Waals surface area contributed by atoms with Crippen molar-refractivity contribution in [3.8, 4) is 0 Å². The third-order valence-corrected chi connectivity index (χ3v) is 5.36. The number of aromatic amines is 1. The molecular formula is C18H25N5O3. The lowest BCUT2D eigenvalue weighted by Crippen LogP contribution is -2.29. The minimum atomic E-state index is -0.0681. The summed E-state index contributed by atoms with van der Waals surface area (Å²) in [5.74, 6) is 3.61. The van der Waals surface area contributed by atoms with Gasteiger partial charge in [0.1, 0.15) is 12.4 Å². The van der Waals surface area contributed by atoms with Crippen molar-refractivity contribution >= 4 is 5.91 Å². The SMILES string of the molecule is COCc1nc([C@H]2CN(C(=O)c3cc(C(C)C)on3)C[C@@H]2C2CC2)n[nH]1. The number of hydrogen-bond donors (Lipinski definition) is 1. The fourth-order valence-corrected chi connectivity index (χ4v) is 3.77. The second-order valence-electron chi connectivity index (χ2n) is 7.66. The first-order chi connectivity index (χ1) is 12.6. The van der Waals surface area contributed by atoms with Crippen LogP contribution in [0.4, 0.5) is 0 Å². The van der Waals surface area contributed by atoms with Crippen molar-refractivity contribution in [2.75, 3.05) is 20.2 Å². The van der Waals surface area contributed by atoms with Gasteiger partial charge in [0.15, 0.2) is 17.3 Å². The van der Waals surface area contributed by atoms with E-state index in [1.165, 1.54) is 12.8 Å². The Kier molecular flexibility index (Phi) is 4.52. The number of aromatic nitrogens is 4. The van der Waals surface area contributed by atoms with Crippen LogP contribution in [0.25, 0.3) is 0 Å². The summed E-state index contributed by atoms with van der Waals surface area (Å²) in [5, 5.41) is 11.3. The van der Waals surface area contributed by atoms with Crippen LogP contribution in [-0.2, 0) is 11.3 Å². The van der Waals surface area contributed by atoms with Crippen molar-refractivity contribution in [2.24, 2.45) is 11.8 Å². The summed E-state index contributed by atoms with van der Waals surface area (Å²) in [7, 11) is 1.63. The molecule has 8 heteroatoms. The molecule has 4 rings (SSSR count). The maximum absolute atomic E-state index is 12.9. The molecule has 0 aromatic carbocycles. The second-order valence-corrected chi connectivity index (χ2v) is 7.66. The molecule has 140 valence electrons. The van der Waals surface area contributed by atoms with E-state index in [1.807, 2.05) is 18.7 Å². The van der Waals surface area contributed by atoms with E-state index < -0.39 is 0 Å². The summed E-state index contributed by atoms with van der Waals surface area (Å²) in [4.78, 5) is 19.3. The van der Waals surface area contributed by atoms with E-state index in [4.69, 9.17) is 9.26 Å².